The maximum absolute atomic E-state index is 6.23. The van der Waals surface area contributed by atoms with Crippen molar-refractivity contribution in [2.75, 3.05) is 0 Å². The molecule has 0 N–H and O–H groups in total. The van der Waals surface area contributed by atoms with Crippen LogP contribution in [0.25, 0.3) is 11.3 Å². The summed E-state index contributed by atoms with van der Waals surface area (Å²) in [7, 11) is 0. The molecule has 2 heteroatoms. The van der Waals surface area contributed by atoms with Crippen LogP contribution in [0.1, 0.15) is 19.0 Å². The molecule has 1 nitrogen and oxygen atoms in total. The summed E-state index contributed by atoms with van der Waals surface area (Å²) < 4.78 is 2.32. The van der Waals surface area contributed by atoms with Crippen molar-refractivity contribution in [2.24, 2.45) is 0 Å². The zero-order valence-electron chi connectivity index (χ0n) is 9.70. The molecule has 0 aliphatic rings. The second-order valence-corrected chi connectivity index (χ2v) is 4.40. The van der Waals surface area contributed by atoms with Crippen molar-refractivity contribution >= 4 is 11.6 Å². The Kier molecular flexibility index (Phi) is 3.35. The summed E-state index contributed by atoms with van der Waals surface area (Å²) >= 11 is 6.23. The van der Waals surface area contributed by atoms with Gasteiger partial charge in [-0.05, 0) is 31.5 Å². The average Bonchev–Trinajstić information content (AvgIpc) is 2.62. The number of rotatable bonds is 3. The summed E-state index contributed by atoms with van der Waals surface area (Å²) in [5.74, 6) is 0. The normalized spacial score (nSPS) is 10.7. The van der Waals surface area contributed by atoms with E-state index in [9.17, 15) is 0 Å². The van der Waals surface area contributed by atoms with Crippen LogP contribution in [-0.4, -0.2) is 4.57 Å². The van der Waals surface area contributed by atoms with Crippen LogP contribution >= 0.6 is 11.6 Å². The molecule has 1 aromatic heterocycles. The molecule has 2 aromatic rings. The van der Waals surface area contributed by atoms with Gasteiger partial charge < -0.3 is 4.57 Å². The Bertz CT molecular complexity index is 485. The van der Waals surface area contributed by atoms with Crippen molar-refractivity contribution in [3.05, 3.63) is 47.1 Å². The van der Waals surface area contributed by atoms with Crippen LogP contribution in [0.5, 0.6) is 0 Å². The molecule has 0 fully saturated rings. The van der Waals surface area contributed by atoms with Crippen molar-refractivity contribution in [2.45, 2.75) is 26.8 Å². The molecular formula is C14H16ClN. The topological polar surface area (TPSA) is 4.93 Å². The van der Waals surface area contributed by atoms with Gasteiger partial charge in [-0.3, -0.25) is 0 Å². The van der Waals surface area contributed by atoms with Crippen molar-refractivity contribution in [1.82, 2.24) is 4.57 Å². The minimum absolute atomic E-state index is 0.818. The Labute approximate surface area is 102 Å². The first kappa shape index (κ1) is 11.3. The smallest absolute Gasteiger partial charge is 0.0499 e. The van der Waals surface area contributed by atoms with E-state index in [1.807, 2.05) is 18.2 Å². The molecule has 0 radical (unpaired) electrons. The van der Waals surface area contributed by atoms with E-state index in [1.54, 1.807) is 0 Å². The predicted octanol–water partition coefficient (Wildman–Crippen LogP) is 4.53. The second kappa shape index (κ2) is 4.75. The van der Waals surface area contributed by atoms with Gasteiger partial charge in [-0.2, -0.15) is 0 Å². The Morgan fingerprint density at radius 2 is 1.88 bits per heavy atom. The van der Waals surface area contributed by atoms with Crippen molar-refractivity contribution < 1.29 is 0 Å². The lowest BCUT2D eigenvalue weighted by Crippen LogP contribution is -2.01. The lowest BCUT2D eigenvalue weighted by atomic mass is 10.1. The van der Waals surface area contributed by atoms with Gasteiger partial charge >= 0.3 is 0 Å². The number of benzene rings is 1. The lowest BCUT2D eigenvalue weighted by Gasteiger charge is -2.11. The van der Waals surface area contributed by atoms with Crippen LogP contribution in [0.15, 0.2) is 36.4 Å². The average molecular weight is 234 g/mol. The van der Waals surface area contributed by atoms with E-state index in [0.29, 0.717) is 0 Å². The van der Waals surface area contributed by atoms with E-state index >= 15 is 0 Å². The first-order chi connectivity index (χ1) is 7.74. The zero-order valence-corrected chi connectivity index (χ0v) is 10.5. The number of aromatic nitrogens is 1. The van der Waals surface area contributed by atoms with E-state index in [-0.39, 0.29) is 0 Å². The van der Waals surface area contributed by atoms with Gasteiger partial charge in [-0.15, -0.1) is 0 Å². The molecular weight excluding hydrogens is 218 g/mol. The molecule has 1 heterocycles. The van der Waals surface area contributed by atoms with Crippen LogP contribution in [0.2, 0.25) is 5.02 Å². The first-order valence-corrected chi connectivity index (χ1v) is 6.03. The van der Waals surface area contributed by atoms with Crippen molar-refractivity contribution in [3.63, 3.8) is 0 Å². The van der Waals surface area contributed by atoms with Crippen LogP contribution in [-0.2, 0) is 6.54 Å². The summed E-state index contributed by atoms with van der Waals surface area (Å²) in [6, 6.07) is 12.3. The monoisotopic (exact) mass is 233 g/mol. The minimum atomic E-state index is 0.818. The number of hydrogen-bond donors (Lipinski definition) is 0. The molecule has 0 aliphatic carbocycles. The van der Waals surface area contributed by atoms with Gasteiger partial charge in [0.2, 0.25) is 0 Å². The van der Waals surface area contributed by atoms with Gasteiger partial charge in [-0.25, -0.2) is 0 Å². The molecule has 0 aliphatic heterocycles. The van der Waals surface area contributed by atoms with E-state index < -0.39 is 0 Å². The Hall–Kier alpha value is -1.21. The maximum atomic E-state index is 6.23. The zero-order chi connectivity index (χ0) is 11.5. The van der Waals surface area contributed by atoms with Gasteiger partial charge in [0, 0.05) is 28.5 Å². The van der Waals surface area contributed by atoms with Gasteiger partial charge in [0.25, 0.3) is 0 Å². The third-order valence-electron chi connectivity index (χ3n) is 2.80. The molecule has 84 valence electrons. The fraction of sp³-hybridized carbons (Fsp3) is 0.286. The fourth-order valence-electron chi connectivity index (χ4n) is 1.99. The Balaban J connectivity index is 2.52. The van der Waals surface area contributed by atoms with E-state index in [0.717, 1.165) is 23.6 Å². The Morgan fingerprint density at radius 3 is 2.56 bits per heavy atom. The second-order valence-electron chi connectivity index (χ2n) is 3.99. The fourth-order valence-corrected chi connectivity index (χ4v) is 2.23. The molecule has 0 saturated heterocycles. The minimum Gasteiger partial charge on any atom is -0.345 e. The largest absolute Gasteiger partial charge is 0.345 e. The van der Waals surface area contributed by atoms with Crippen molar-refractivity contribution in [1.29, 1.82) is 0 Å². The quantitative estimate of drug-likeness (QED) is 0.734. The molecule has 0 spiro atoms. The molecule has 1 aromatic carbocycles. The van der Waals surface area contributed by atoms with Gasteiger partial charge in [0.15, 0.2) is 0 Å². The number of nitrogens with zero attached hydrogens (tertiary/aromatic N) is 1. The third-order valence-corrected chi connectivity index (χ3v) is 3.13. The molecule has 2 rings (SSSR count). The summed E-state index contributed by atoms with van der Waals surface area (Å²) in [5, 5.41) is 0.818. The van der Waals surface area contributed by atoms with Crippen LogP contribution in [0.4, 0.5) is 0 Å². The molecule has 0 amide bonds. The highest BCUT2D eigenvalue weighted by molar-refractivity contribution is 6.33. The van der Waals surface area contributed by atoms with Gasteiger partial charge in [-0.1, -0.05) is 36.7 Å². The van der Waals surface area contributed by atoms with Crippen LogP contribution < -0.4 is 0 Å². The lowest BCUT2D eigenvalue weighted by molar-refractivity contribution is 0.672. The maximum Gasteiger partial charge on any atom is 0.0499 e. The van der Waals surface area contributed by atoms with E-state index in [2.05, 4.69) is 36.6 Å². The highest BCUT2D eigenvalue weighted by Crippen LogP contribution is 2.29. The summed E-state index contributed by atoms with van der Waals surface area (Å²) in [5.41, 5.74) is 3.62. The summed E-state index contributed by atoms with van der Waals surface area (Å²) in [6.45, 7) is 5.37. The molecule has 0 unspecified atom stereocenters. The first-order valence-electron chi connectivity index (χ1n) is 5.65. The number of aryl methyl sites for hydroxylation is 1. The highest BCUT2D eigenvalue weighted by atomic mass is 35.5. The van der Waals surface area contributed by atoms with E-state index in [4.69, 9.17) is 11.6 Å². The van der Waals surface area contributed by atoms with Crippen LogP contribution in [0, 0.1) is 6.92 Å². The molecule has 16 heavy (non-hydrogen) atoms. The SMILES string of the molecule is CCCn1c(C)ccc1-c1ccccc1Cl. The number of halogens is 1. The summed E-state index contributed by atoms with van der Waals surface area (Å²) in [4.78, 5) is 0. The predicted molar refractivity (Wildman–Crippen MR) is 69.9 cm³/mol. The summed E-state index contributed by atoms with van der Waals surface area (Å²) in [6.07, 6.45) is 1.13. The molecule has 0 atom stereocenters. The Morgan fingerprint density at radius 1 is 1.12 bits per heavy atom. The standard InChI is InChI=1S/C14H16ClN/c1-3-10-16-11(2)8-9-14(16)12-6-4-5-7-13(12)15/h4-9H,3,10H2,1-2H3. The third kappa shape index (κ3) is 2.00. The van der Waals surface area contributed by atoms with Gasteiger partial charge in [0.1, 0.15) is 0 Å². The van der Waals surface area contributed by atoms with Crippen molar-refractivity contribution in [3.8, 4) is 11.3 Å². The molecule has 0 bridgehead atoms. The highest BCUT2D eigenvalue weighted by Gasteiger charge is 2.09. The molecule has 0 saturated carbocycles. The van der Waals surface area contributed by atoms with E-state index in [1.165, 1.54) is 11.4 Å². The number of hydrogen-bond acceptors (Lipinski definition) is 0. The van der Waals surface area contributed by atoms with Crippen LogP contribution in [0.3, 0.4) is 0 Å². The van der Waals surface area contributed by atoms with Gasteiger partial charge in [0.05, 0.1) is 0 Å².